The Balaban J connectivity index is 4.08. The number of quaternary nitrogens is 1. The van der Waals surface area contributed by atoms with Crippen LogP contribution in [-0.4, -0.2) is 43.7 Å². The number of hydrogen-bond donors (Lipinski definition) is 0. The van der Waals surface area contributed by atoms with E-state index in [4.69, 9.17) is 4.74 Å². The van der Waals surface area contributed by atoms with Crippen LogP contribution in [0.15, 0.2) is 0 Å². The van der Waals surface area contributed by atoms with Crippen molar-refractivity contribution in [2.45, 2.75) is 110 Å². The number of unbranched alkanes of at least 4 members (excludes halogenated alkanes) is 10. The second-order valence-electron chi connectivity index (χ2n) is 8.40. The van der Waals surface area contributed by atoms with Crippen molar-refractivity contribution in [1.29, 1.82) is 0 Å². The molecule has 0 fully saturated rings. The molecule has 0 rings (SSSR count). The van der Waals surface area contributed by atoms with E-state index in [2.05, 4.69) is 27.9 Å². The van der Waals surface area contributed by atoms with Crippen molar-refractivity contribution in [2.24, 2.45) is 0 Å². The second kappa shape index (κ2) is 15.7. The maximum atomic E-state index is 11.4. The van der Waals surface area contributed by atoms with Crippen LogP contribution in [0.3, 0.4) is 0 Å². The molecule has 0 aliphatic heterocycles. The van der Waals surface area contributed by atoms with Crippen molar-refractivity contribution >= 4 is 5.97 Å². The van der Waals surface area contributed by atoms with Crippen LogP contribution >= 0.6 is 0 Å². The van der Waals surface area contributed by atoms with Gasteiger partial charge in [-0.3, -0.25) is 4.79 Å². The highest BCUT2D eigenvalue weighted by atomic mass is 16.5. The number of carbonyl (C=O) groups excluding carboxylic acids is 1. The average molecular weight is 357 g/mol. The fraction of sp³-hybridized carbons (Fsp3) is 0.955. The molecule has 0 aliphatic carbocycles. The number of likely N-dealkylation sites (N-methyl/N-ethyl adjacent to an activating group) is 1. The van der Waals surface area contributed by atoms with E-state index < -0.39 is 0 Å². The molecule has 0 amide bonds. The molecule has 0 heterocycles. The highest BCUT2D eigenvalue weighted by Crippen LogP contribution is 2.15. The van der Waals surface area contributed by atoms with Gasteiger partial charge in [-0.2, -0.15) is 0 Å². The summed E-state index contributed by atoms with van der Waals surface area (Å²) < 4.78 is 6.58. The van der Waals surface area contributed by atoms with E-state index in [1.165, 1.54) is 83.6 Å². The summed E-state index contributed by atoms with van der Waals surface area (Å²) in [5, 5.41) is 0. The topological polar surface area (TPSA) is 26.3 Å². The van der Waals surface area contributed by atoms with E-state index in [0.29, 0.717) is 0 Å². The van der Waals surface area contributed by atoms with Gasteiger partial charge in [0.05, 0.1) is 20.6 Å². The number of nitrogens with zero attached hydrogens (tertiary/aromatic N) is 1. The molecule has 0 N–H and O–H groups in total. The first kappa shape index (κ1) is 24.4. The lowest BCUT2D eigenvalue weighted by atomic mass is 10.1. The summed E-state index contributed by atoms with van der Waals surface area (Å²) >= 11 is 0. The van der Waals surface area contributed by atoms with Gasteiger partial charge in [-0.05, 0) is 25.7 Å². The fourth-order valence-electron chi connectivity index (χ4n) is 3.54. The Labute approximate surface area is 158 Å². The fourth-order valence-corrected chi connectivity index (χ4v) is 3.54. The van der Waals surface area contributed by atoms with Gasteiger partial charge in [-0.25, -0.2) is 0 Å². The Morgan fingerprint density at radius 1 is 0.800 bits per heavy atom. The van der Waals surface area contributed by atoms with Crippen molar-refractivity contribution < 1.29 is 14.0 Å². The molecule has 0 aromatic rings. The summed E-state index contributed by atoms with van der Waals surface area (Å²) in [6.45, 7) is 8.19. The van der Waals surface area contributed by atoms with E-state index in [-0.39, 0.29) is 12.1 Å². The lowest BCUT2D eigenvalue weighted by Gasteiger charge is -2.33. The van der Waals surface area contributed by atoms with Crippen molar-refractivity contribution in [1.82, 2.24) is 0 Å². The largest absolute Gasteiger partial charge is 0.457 e. The van der Waals surface area contributed by atoms with E-state index in [1.54, 1.807) is 6.92 Å². The second-order valence-corrected chi connectivity index (χ2v) is 8.40. The van der Waals surface area contributed by atoms with Gasteiger partial charge < -0.3 is 9.22 Å². The monoisotopic (exact) mass is 356 g/mol. The van der Waals surface area contributed by atoms with Crippen LogP contribution in [0.4, 0.5) is 0 Å². The highest BCUT2D eigenvalue weighted by Gasteiger charge is 2.23. The minimum absolute atomic E-state index is 0.0822. The Hall–Kier alpha value is -0.570. The Bertz CT molecular complexity index is 315. The summed E-state index contributed by atoms with van der Waals surface area (Å²) in [7, 11) is 4.56. The van der Waals surface area contributed by atoms with Gasteiger partial charge in [0, 0.05) is 6.92 Å². The molecule has 0 spiro atoms. The summed E-state index contributed by atoms with van der Waals surface area (Å²) in [6.07, 6.45) is 16.9. The molecule has 0 aromatic carbocycles. The normalized spacial score (nSPS) is 13.0. The first-order valence-electron chi connectivity index (χ1n) is 10.9. The molecule has 1 unspecified atom stereocenters. The molecule has 3 heteroatoms. The zero-order chi connectivity index (χ0) is 19.0. The average Bonchev–Trinajstić information content (AvgIpc) is 2.53. The minimum atomic E-state index is -0.129. The molecule has 0 aromatic heterocycles. The van der Waals surface area contributed by atoms with Gasteiger partial charge in [0.1, 0.15) is 6.54 Å². The lowest BCUT2D eigenvalue weighted by Crippen LogP contribution is -2.47. The zero-order valence-corrected chi connectivity index (χ0v) is 17.9. The Morgan fingerprint density at radius 3 is 1.80 bits per heavy atom. The van der Waals surface area contributed by atoms with Crippen LogP contribution < -0.4 is 0 Å². The molecule has 0 aliphatic rings. The van der Waals surface area contributed by atoms with Crippen LogP contribution in [0.2, 0.25) is 0 Å². The van der Waals surface area contributed by atoms with E-state index in [9.17, 15) is 4.79 Å². The zero-order valence-electron chi connectivity index (χ0n) is 17.9. The molecular formula is C22H46NO2+. The van der Waals surface area contributed by atoms with Crippen LogP contribution in [0.25, 0.3) is 0 Å². The maximum Gasteiger partial charge on any atom is 0.303 e. The van der Waals surface area contributed by atoms with Gasteiger partial charge in [-0.15, -0.1) is 0 Å². The van der Waals surface area contributed by atoms with Gasteiger partial charge in [-0.1, -0.05) is 71.6 Å². The Kier molecular flexibility index (Phi) is 15.3. The molecule has 0 bridgehead atoms. The quantitative estimate of drug-likeness (QED) is 0.179. The van der Waals surface area contributed by atoms with Crippen molar-refractivity contribution in [3.63, 3.8) is 0 Å². The predicted octanol–water partition coefficient (Wildman–Crippen LogP) is 6.11. The standard InChI is InChI=1S/C22H46NO2/c1-6-8-10-12-14-16-18-22(25-21(3)24)20-23(4,5)19-17-15-13-11-9-7-2/h22H,6-20H2,1-5H3/q+1. The maximum absolute atomic E-state index is 11.4. The smallest absolute Gasteiger partial charge is 0.303 e. The molecule has 0 saturated heterocycles. The molecule has 3 nitrogen and oxygen atoms in total. The highest BCUT2D eigenvalue weighted by molar-refractivity contribution is 5.66. The van der Waals surface area contributed by atoms with E-state index in [1.807, 2.05) is 0 Å². The number of esters is 1. The number of hydrogen-bond acceptors (Lipinski definition) is 2. The molecule has 0 radical (unpaired) electrons. The molecule has 1 atom stereocenters. The van der Waals surface area contributed by atoms with Gasteiger partial charge in [0.25, 0.3) is 0 Å². The van der Waals surface area contributed by atoms with Gasteiger partial charge in [0.2, 0.25) is 0 Å². The summed E-state index contributed by atoms with van der Waals surface area (Å²) in [6, 6.07) is 0. The number of carbonyl (C=O) groups is 1. The van der Waals surface area contributed by atoms with Crippen molar-refractivity contribution in [2.75, 3.05) is 27.2 Å². The summed E-state index contributed by atoms with van der Waals surface area (Å²) in [5.74, 6) is -0.129. The summed E-state index contributed by atoms with van der Waals surface area (Å²) in [5.41, 5.74) is 0. The number of ether oxygens (including phenoxy) is 1. The van der Waals surface area contributed by atoms with Crippen LogP contribution in [0.5, 0.6) is 0 Å². The first-order valence-corrected chi connectivity index (χ1v) is 10.9. The first-order chi connectivity index (χ1) is 11.9. The Morgan fingerprint density at radius 2 is 1.28 bits per heavy atom. The van der Waals surface area contributed by atoms with Gasteiger partial charge in [0.15, 0.2) is 6.10 Å². The SMILES string of the molecule is CCCCCCCCC(C[N+](C)(C)CCCCCCCC)OC(C)=O. The molecular weight excluding hydrogens is 310 g/mol. The molecule has 0 saturated carbocycles. The van der Waals surface area contributed by atoms with Crippen LogP contribution in [0, 0.1) is 0 Å². The van der Waals surface area contributed by atoms with Crippen LogP contribution in [-0.2, 0) is 9.53 Å². The number of rotatable bonds is 17. The lowest BCUT2D eigenvalue weighted by molar-refractivity contribution is -0.893. The third kappa shape index (κ3) is 16.6. The van der Waals surface area contributed by atoms with Crippen molar-refractivity contribution in [3.8, 4) is 0 Å². The van der Waals surface area contributed by atoms with E-state index in [0.717, 1.165) is 17.4 Å². The van der Waals surface area contributed by atoms with E-state index >= 15 is 0 Å². The predicted molar refractivity (Wildman–Crippen MR) is 109 cm³/mol. The van der Waals surface area contributed by atoms with Crippen molar-refractivity contribution in [3.05, 3.63) is 0 Å². The minimum Gasteiger partial charge on any atom is -0.457 e. The third-order valence-corrected chi connectivity index (χ3v) is 5.03. The molecule has 150 valence electrons. The summed E-state index contributed by atoms with van der Waals surface area (Å²) in [4.78, 5) is 11.4. The third-order valence-electron chi connectivity index (χ3n) is 5.03. The molecule has 25 heavy (non-hydrogen) atoms. The van der Waals surface area contributed by atoms with Crippen LogP contribution in [0.1, 0.15) is 104 Å². The van der Waals surface area contributed by atoms with Gasteiger partial charge >= 0.3 is 5.97 Å².